The molecule has 1 aliphatic rings. The lowest BCUT2D eigenvalue weighted by atomic mass is 10.1. The van der Waals surface area contributed by atoms with Crippen LogP contribution < -0.4 is 5.73 Å². The molecule has 1 aliphatic heterocycles. The molecule has 2 N–H and O–H groups in total. The number of nitrogens with two attached hydrogens (primary N) is 1. The molecule has 0 atom stereocenters. The summed E-state index contributed by atoms with van der Waals surface area (Å²) in [4.78, 5) is 14.2. The minimum atomic E-state index is 0.0403. The van der Waals surface area contributed by atoms with Crippen molar-refractivity contribution in [3.63, 3.8) is 0 Å². The fraction of sp³-hybridized carbons (Fsp3) is 0.133. The zero-order valence-electron chi connectivity index (χ0n) is 9.97. The quantitative estimate of drug-likeness (QED) is 0.775. The standard InChI is InChI=1S/C15H14N2O/c16-14-7-3-6-11(8-14)15(18)17-9-12-4-1-2-5-13(12)10-17/h1-8H,9-10,16H2. The van der Waals surface area contributed by atoms with Crippen LogP contribution in [0.4, 0.5) is 5.69 Å². The Labute approximate surface area is 106 Å². The van der Waals surface area contributed by atoms with Gasteiger partial charge in [0.1, 0.15) is 0 Å². The monoisotopic (exact) mass is 238 g/mol. The normalized spacial score (nSPS) is 13.4. The predicted octanol–water partition coefficient (Wildman–Crippen LogP) is 2.42. The van der Waals surface area contributed by atoms with Gasteiger partial charge in [0.15, 0.2) is 0 Å². The van der Waals surface area contributed by atoms with Crippen molar-refractivity contribution < 1.29 is 4.79 Å². The largest absolute Gasteiger partial charge is 0.399 e. The van der Waals surface area contributed by atoms with Gasteiger partial charge in [-0.3, -0.25) is 4.79 Å². The zero-order valence-corrected chi connectivity index (χ0v) is 9.97. The molecule has 1 amide bonds. The third-order valence-corrected chi connectivity index (χ3v) is 3.26. The average molecular weight is 238 g/mol. The fourth-order valence-electron chi connectivity index (χ4n) is 2.33. The number of rotatable bonds is 1. The highest BCUT2D eigenvalue weighted by Crippen LogP contribution is 2.24. The Bertz CT molecular complexity index is 582. The lowest BCUT2D eigenvalue weighted by molar-refractivity contribution is 0.0751. The minimum absolute atomic E-state index is 0.0403. The number of fused-ring (bicyclic) bond motifs is 1. The first-order valence-corrected chi connectivity index (χ1v) is 5.95. The molecule has 0 aliphatic carbocycles. The zero-order chi connectivity index (χ0) is 12.5. The maximum atomic E-state index is 12.3. The van der Waals surface area contributed by atoms with Gasteiger partial charge < -0.3 is 10.6 Å². The van der Waals surface area contributed by atoms with Gasteiger partial charge in [0.05, 0.1) is 0 Å². The predicted molar refractivity (Wildman–Crippen MR) is 70.9 cm³/mol. The van der Waals surface area contributed by atoms with Crippen LogP contribution in [0.15, 0.2) is 48.5 Å². The summed E-state index contributed by atoms with van der Waals surface area (Å²) >= 11 is 0. The molecule has 0 radical (unpaired) electrons. The third kappa shape index (κ3) is 1.84. The van der Waals surface area contributed by atoms with E-state index in [-0.39, 0.29) is 5.91 Å². The molecule has 3 heteroatoms. The second kappa shape index (κ2) is 4.18. The van der Waals surface area contributed by atoms with Crippen LogP contribution in [0, 0.1) is 0 Å². The molecule has 18 heavy (non-hydrogen) atoms. The summed E-state index contributed by atoms with van der Waals surface area (Å²) in [6.45, 7) is 1.37. The number of carbonyl (C=O) groups excluding carboxylic acids is 1. The van der Waals surface area contributed by atoms with Gasteiger partial charge in [0.25, 0.3) is 5.91 Å². The van der Waals surface area contributed by atoms with Crippen LogP contribution in [0.1, 0.15) is 21.5 Å². The van der Waals surface area contributed by atoms with Crippen LogP contribution >= 0.6 is 0 Å². The molecular formula is C15H14N2O. The second-order valence-electron chi connectivity index (χ2n) is 4.56. The van der Waals surface area contributed by atoms with E-state index in [1.807, 2.05) is 29.2 Å². The number of nitrogen functional groups attached to an aromatic ring is 1. The summed E-state index contributed by atoms with van der Waals surface area (Å²) in [5, 5.41) is 0. The summed E-state index contributed by atoms with van der Waals surface area (Å²) in [5.41, 5.74) is 9.45. The van der Waals surface area contributed by atoms with Crippen LogP contribution in [-0.2, 0) is 13.1 Å². The first kappa shape index (κ1) is 10.8. The molecule has 3 nitrogen and oxygen atoms in total. The summed E-state index contributed by atoms with van der Waals surface area (Å²) in [6, 6.07) is 15.3. The maximum Gasteiger partial charge on any atom is 0.254 e. The van der Waals surface area contributed by atoms with Crippen LogP contribution in [-0.4, -0.2) is 10.8 Å². The van der Waals surface area contributed by atoms with Gasteiger partial charge in [-0.05, 0) is 29.3 Å². The highest BCUT2D eigenvalue weighted by Gasteiger charge is 2.23. The number of hydrogen-bond donors (Lipinski definition) is 1. The molecule has 0 unspecified atom stereocenters. The first-order chi connectivity index (χ1) is 8.74. The minimum Gasteiger partial charge on any atom is -0.399 e. The molecule has 3 rings (SSSR count). The van der Waals surface area contributed by atoms with E-state index in [1.54, 1.807) is 12.1 Å². The molecule has 0 fully saturated rings. The van der Waals surface area contributed by atoms with E-state index in [0.717, 1.165) is 0 Å². The van der Waals surface area contributed by atoms with Gasteiger partial charge in [-0.25, -0.2) is 0 Å². The van der Waals surface area contributed by atoms with Crippen molar-refractivity contribution in [1.29, 1.82) is 0 Å². The summed E-state index contributed by atoms with van der Waals surface area (Å²) < 4.78 is 0. The lowest BCUT2D eigenvalue weighted by Crippen LogP contribution is -2.25. The SMILES string of the molecule is Nc1cccc(C(=O)N2Cc3ccccc3C2)c1. The van der Waals surface area contributed by atoms with E-state index in [2.05, 4.69) is 12.1 Å². The second-order valence-corrected chi connectivity index (χ2v) is 4.56. The van der Waals surface area contributed by atoms with Crippen molar-refractivity contribution in [2.75, 3.05) is 5.73 Å². The van der Waals surface area contributed by atoms with Gasteiger partial charge in [-0.2, -0.15) is 0 Å². The molecule has 0 bridgehead atoms. The van der Waals surface area contributed by atoms with Gasteiger partial charge in [-0.1, -0.05) is 30.3 Å². The maximum absolute atomic E-state index is 12.3. The van der Waals surface area contributed by atoms with Crippen molar-refractivity contribution in [3.05, 3.63) is 65.2 Å². The van der Waals surface area contributed by atoms with Crippen LogP contribution in [0.3, 0.4) is 0 Å². The third-order valence-electron chi connectivity index (χ3n) is 3.26. The van der Waals surface area contributed by atoms with Crippen LogP contribution in [0.25, 0.3) is 0 Å². The highest BCUT2D eigenvalue weighted by molar-refractivity contribution is 5.95. The van der Waals surface area contributed by atoms with Gasteiger partial charge in [0.2, 0.25) is 0 Å². The molecule has 0 aromatic heterocycles. The van der Waals surface area contributed by atoms with Crippen molar-refractivity contribution in [1.82, 2.24) is 4.90 Å². The summed E-state index contributed by atoms with van der Waals surface area (Å²) in [6.07, 6.45) is 0. The van der Waals surface area contributed by atoms with E-state index in [1.165, 1.54) is 11.1 Å². The molecule has 2 aromatic carbocycles. The van der Waals surface area contributed by atoms with Crippen molar-refractivity contribution >= 4 is 11.6 Å². The molecule has 2 aromatic rings. The average Bonchev–Trinajstić information content (AvgIpc) is 2.81. The van der Waals surface area contributed by atoms with Crippen molar-refractivity contribution in [2.24, 2.45) is 0 Å². The number of hydrogen-bond acceptors (Lipinski definition) is 2. The van der Waals surface area contributed by atoms with E-state index < -0.39 is 0 Å². The molecule has 90 valence electrons. The smallest absolute Gasteiger partial charge is 0.254 e. The Balaban J connectivity index is 1.84. The van der Waals surface area contributed by atoms with Gasteiger partial charge in [0, 0.05) is 24.3 Å². The van der Waals surface area contributed by atoms with E-state index in [9.17, 15) is 4.79 Å². The first-order valence-electron chi connectivity index (χ1n) is 5.95. The van der Waals surface area contributed by atoms with E-state index >= 15 is 0 Å². The Morgan fingerprint density at radius 2 is 1.67 bits per heavy atom. The van der Waals surface area contributed by atoms with E-state index in [0.29, 0.717) is 24.3 Å². The number of amides is 1. The Morgan fingerprint density at radius 3 is 2.28 bits per heavy atom. The summed E-state index contributed by atoms with van der Waals surface area (Å²) in [5.74, 6) is 0.0403. The molecule has 1 heterocycles. The van der Waals surface area contributed by atoms with Gasteiger partial charge in [-0.15, -0.1) is 0 Å². The van der Waals surface area contributed by atoms with E-state index in [4.69, 9.17) is 5.73 Å². The Hall–Kier alpha value is -2.29. The van der Waals surface area contributed by atoms with Crippen molar-refractivity contribution in [2.45, 2.75) is 13.1 Å². The van der Waals surface area contributed by atoms with Gasteiger partial charge >= 0.3 is 0 Å². The molecule has 0 spiro atoms. The number of nitrogens with zero attached hydrogens (tertiary/aromatic N) is 1. The highest BCUT2D eigenvalue weighted by atomic mass is 16.2. The molecule has 0 saturated carbocycles. The number of benzene rings is 2. The van der Waals surface area contributed by atoms with Crippen LogP contribution in [0.2, 0.25) is 0 Å². The topological polar surface area (TPSA) is 46.3 Å². The fourth-order valence-corrected chi connectivity index (χ4v) is 2.33. The van der Waals surface area contributed by atoms with Crippen LogP contribution in [0.5, 0.6) is 0 Å². The number of carbonyl (C=O) groups is 1. The lowest BCUT2D eigenvalue weighted by Gasteiger charge is -2.15. The molecule has 0 saturated heterocycles. The van der Waals surface area contributed by atoms with Crippen molar-refractivity contribution in [3.8, 4) is 0 Å². The number of anilines is 1. The molecular weight excluding hydrogens is 224 g/mol. The summed E-state index contributed by atoms with van der Waals surface area (Å²) in [7, 11) is 0. The Morgan fingerprint density at radius 1 is 1.00 bits per heavy atom. The Kier molecular flexibility index (Phi) is 2.52.